The van der Waals surface area contributed by atoms with Crippen LogP contribution >= 0.6 is 0 Å². The monoisotopic (exact) mass is 276 g/mol. The molecule has 0 aliphatic rings. The number of carbonyl (C=O) groups excluding carboxylic acids is 1. The quantitative estimate of drug-likeness (QED) is 0.896. The van der Waals surface area contributed by atoms with Crippen LogP contribution in [-0.4, -0.2) is 28.1 Å². The number of rotatable bonds is 4. The zero-order valence-corrected chi connectivity index (χ0v) is 11.5. The maximum atomic E-state index is 12.8. The maximum absolute atomic E-state index is 12.8. The third-order valence-electron chi connectivity index (χ3n) is 3.12. The Kier molecular flexibility index (Phi) is 4.02. The van der Waals surface area contributed by atoms with Crippen LogP contribution in [0.3, 0.4) is 0 Å². The smallest absolute Gasteiger partial charge is 0.276 e. The van der Waals surface area contributed by atoms with E-state index >= 15 is 0 Å². The minimum absolute atomic E-state index is 0.228. The molecule has 0 aliphatic carbocycles. The number of halogens is 1. The highest BCUT2D eigenvalue weighted by Gasteiger charge is 2.20. The SMILES string of the molecule is CCc1[nH]nc(C(=O)N(C)Cc2ccc(F)cc2)c1N. The number of nitrogens with two attached hydrogens (primary N) is 1. The van der Waals surface area contributed by atoms with Crippen LogP contribution in [0.1, 0.15) is 28.7 Å². The van der Waals surface area contributed by atoms with Crippen LogP contribution < -0.4 is 5.73 Å². The number of benzene rings is 1. The average molecular weight is 276 g/mol. The number of nitrogens with zero attached hydrogens (tertiary/aromatic N) is 2. The van der Waals surface area contributed by atoms with Crippen molar-refractivity contribution in [1.82, 2.24) is 15.1 Å². The van der Waals surface area contributed by atoms with Crippen molar-refractivity contribution in [2.24, 2.45) is 0 Å². The third kappa shape index (κ3) is 2.79. The van der Waals surface area contributed by atoms with Crippen molar-refractivity contribution in [2.75, 3.05) is 12.8 Å². The Morgan fingerprint density at radius 1 is 1.40 bits per heavy atom. The first kappa shape index (κ1) is 14.0. The van der Waals surface area contributed by atoms with Gasteiger partial charge in [0.2, 0.25) is 0 Å². The molecule has 106 valence electrons. The summed E-state index contributed by atoms with van der Waals surface area (Å²) in [5.74, 6) is -0.561. The van der Waals surface area contributed by atoms with Crippen LogP contribution in [-0.2, 0) is 13.0 Å². The molecular weight excluding hydrogens is 259 g/mol. The van der Waals surface area contributed by atoms with E-state index in [1.54, 1.807) is 19.2 Å². The van der Waals surface area contributed by atoms with Gasteiger partial charge in [-0.25, -0.2) is 4.39 Å². The molecule has 1 aromatic heterocycles. The summed E-state index contributed by atoms with van der Waals surface area (Å²) in [6.07, 6.45) is 0.688. The average Bonchev–Trinajstić information content (AvgIpc) is 2.81. The molecule has 0 fully saturated rings. The van der Waals surface area contributed by atoms with Gasteiger partial charge in [0.25, 0.3) is 5.91 Å². The molecule has 1 amide bonds. The number of nitrogen functional groups attached to an aromatic ring is 1. The normalized spacial score (nSPS) is 10.6. The van der Waals surface area contributed by atoms with E-state index in [0.29, 0.717) is 18.7 Å². The first-order chi connectivity index (χ1) is 9.52. The second-order valence-electron chi connectivity index (χ2n) is 4.61. The van der Waals surface area contributed by atoms with Crippen molar-refractivity contribution in [1.29, 1.82) is 0 Å². The Hall–Kier alpha value is -2.37. The van der Waals surface area contributed by atoms with Gasteiger partial charge in [0.15, 0.2) is 5.69 Å². The number of aromatic amines is 1. The van der Waals surface area contributed by atoms with Gasteiger partial charge < -0.3 is 10.6 Å². The molecule has 0 spiro atoms. The minimum atomic E-state index is -0.299. The molecule has 1 heterocycles. The van der Waals surface area contributed by atoms with Crippen LogP contribution in [0.5, 0.6) is 0 Å². The summed E-state index contributed by atoms with van der Waals surface area (Å²) in [6, 6.07) is 6.02. The van der Waals surface area contributed by atoms with Gasteiger partial charge in [-0.3, -0.25) is 9.89 Å². The molecule has 2 aromatic rings. The topological polar surface area (TPSA) is 75.0 Å². The third-order valence-corrected chi connectivity index (χ3v) is 3.12. The molecule has 0 unspecified atom stereocenters. The van der Waals surface area contributed by atoms with Gasteiger partial charge in [-0.15, -0.1) is 0 Å². The van der Waals surface area contributed by atoms with Gasteiger partial charge in [0, 0.05) is 13.6 Å². The number of hydrogen-bond donors (Lipinski definition) is 2. The lowest BCUT2D eigenvalue weighted by atomic mass is 10.2. The van der Waals surface area contributed by atoms with E-state index in [9.17, 15) is 9.18 Å². The number of aryl methyl sites for hydroxylation is 1. The molecule has 20 heavy (non-hydrogen) atoms. The van der Waals surface area contributed by atoms with Gasteiger partial charge in [-0.1, -0.05) is 19.1 Å². The van der Waals surface area contributed by atoms with Crippen molar-refractivity contribution in [3.63, 3.8) is 0 Å². The number of H-pyrrole nitrogens is 1. The molecule has 0 saturated carbocycles. The van der Waals surface area contributed by atoms with Gasteiger partial charge >= 0.3 is 0 Å². The molecule has 6 heteroatoms. The second kappa shape index (κ2) is 5.73. The summed E-state index contributed by atoms with van der Waals surface area (Å²) in [5.41, 5.74) is 8.09. The molecule has 2 rings (SSSR count). The molecule has 0 aliphatic heterocycles. The lowest BCUT2D eigenvalue weighted by Gasteiger charge is -2.16. The van der Waals surface area contributed by atoms with Crippen molar-refractivity contribution in [2.45, 2.75) is 19.9 Å². The molecule has 5 nitrogen and oxygen atoms in total. The molecule has 3 N–H and O–H groups in total. The van der Waals surface area contributed by atoms with Crippen molar-refractivity contribution < 1.29 is 9.18 Å². The highest BCUT2D eigenvalue weighted by molar-refractivity contribution is 5.97. The highest BCUT2D eigenvalue weighted by atomic mass is 19.1. The summed E-state index contributed by atoms with van der Waals surface area (Å²) < 4.78 is 12.8. The molecule has 1 aromatic carbocycles. The predicted molar refractivity (Wildman–Crippen MR) is 74.6 cm³/mol. The minimum Gasteiger partial charge on any atom is -0.395 e. The first-order valence-corrected chi connectivity index (χ1v) is 6.35. The number of nitrogens with one attached hydrogen (secondary N) is 1. The standard InChI is InChI=1S/C14H17FN4O/c1-3-11-12(16)13(18-17-11)14(20)19(2)8-9-4-6-10(15)7-5-9/h4-7H,3,8,16H2,1-2H3,(H,17,18). The van der Waals surface area contributed by atoms with Crippen LogP contribution in [0, 0.1) is 5.82 Å². The lowest BCUT2D eigenvalue weighted by molar-refractivity contribution is 0.0780. The van der Waals surface area contributed by atoms with E-state index in [1.807, 2.05) is 6.92 Å². The number of hydrogen-bond acceptors (Lipinski definition) is 3. The van der Waals surface area contributed by atoms with Gasteiger partial charge in [-0.05, 0) is 24.1 Å². The zero-order valence-electron chi connectivity index (χ0n) is 11.5. The van der Waals surface area contributed by atoms with Crippen LogP contribution in [0.25, 0.3) is 0 Å². The fraction of sp³-hybridized carbons (Fsp3) is 0.286. The summed E-state index contributed by atoms with van der Waals surface area (Å²) in [7, 11) is 1.66. The van der Waals surface area contributed by atoms with E-state index < -0.39 is 0 Å². The largest absolute Gasteiger partial charge is 0.395 e. The Morgan fingerprint density at radius 3 is 2.60 bits per heavy atom. The van der Waals surface area contributed by atoms with E-state index in [1.165, 1.54) is 17.0 Å². The van der Waals surface area contributed by atoms with Gasteiger partial charge in [0.1, 0.15) is 5.82 Å². The molecular formula is C14H17FN4O. The number of aromatic nitrogens is 2. The molecule has 0 bridgehead atoms. The molecule has 0 radical (unpaired) electrons. The zero-order chi connectivity index (χ0) is 14.7. The maximum Gasteiger partial charge on any atom is 0.276 e. The fourth-order valence-electron chi connectivity index (χ4n) is 1.94. The van der Waals surface area contributed by atoms with Crippen LogP contribution in [0.15, 0.2) is 24.3 Å². The van der Waals surface area contributed by atoms with Gasteiger partial charge in [-0.2, -0.15) is 5.10 Å². The fourth-order valence-corrected chi connectivity index (χ4v) is 1.94. The Labute approximate surface area is 116 Å². The summed E-state index contributed by atoms with van der Waals surface area (Å²) in [6.45, 7) is 2.30. The predicted octanol–water partition coefficient (Wildman–Crippen LogP) is 1.97. The summed E-state index contributed by atoms with van der Waals surface area (Å²) in [4.78, 5) is 13.8. The van der Waals surface area contributed by atoms with Crippen LogP contribution in [0.2, 0.25) is 0 Å². The molecule has 0 saturated heterocycles. The first-order valence-electron chi connectivity index (χ1n) is 6.35. The second-order valence-corrected chi connectivity index (χ2v) is 4.61. The number of amides is 1. The Bertz CT molecular complexity index is 606. The van der Waals surface area contributed by atoms with E-state index in [4.69, 9.17) is 5.73 Å². The lowest BCUT2D eigenvalue weighted by Crippen LogP contribution is -2.27. The molecule has 0 atom stereocenters. The van der Waals surface area contributed by atoms with Gasteiger partial charge in [0.05, 0.1) is 11.4 Å². The summed E-state index contributed by atoms with van der Waals surface area (Å²) in [5, 5.41) is 6.72. The summed E-state index contributed by atoms with van der Waals surface area (Å²) >= 11 is 0. The number of carbonyl (C=O) groups is 1. The van der Waals surface area contributed by atoms with Crippen molar-refractivity contribution in [3.8, 4) is 0 Å². The Morgan fingerprint density at radius 2 is 2.05 bits per heavy atom. The van der Waals surface area contributed by atoms with E-state index in [-0.39, 0.29) is 17.4 Å². The van der Waals surface area contributed by atoms with Crippen LogP contribution in [0.4, 0.5) is 10.1 Å². The number of anilines is 1. The highest BCUT2D eigenvalue weighted by Crippen LogP contribution is 2.17. The van der Waals surface area contributed by atoms with Crippen molar-refractivity contribution in [3.05, 3.63) is 47.0 Å². The van der Waals surface area contributed by atoms with E-state index in [2.05, 4.69) is 10.2 Å². The van der Waals surface area contributed by atoms with Crippen molar-refractivity contribution >= 4 is 11.6 Å². The van der Waals surface area contributed by atoms with E-state index in [0.717, 1.165) is 11.3 Å². The Balaban J connectivity index is 2.12.